The summed E-state index contributed by atoms with van der Waals surface area (Å²) in [4.78, 5) is 40.3. The molecule has 0 spiro atoms. The molecule has 3 heterocycles. The summed E-state index contributed by atoms with van der Waals surface area (Å²) < 4.78 is 15.8. The number of cyclic esters (lactones) is 1. The van der Waals surface area contributed by atoms with Gasteiger partial charge in [0, 0.05) is 16.6 Å². The van der Waals surface area contributed by atoms with Gasteiger partial charge in [0.1, 0.15) is 13.2 Å². The van der Waals surface area contributed by atoms with Crippen LogP contribution in [0.5, 0.6) is 11.5 Å². The monoisotopic (exact) mass is 453 g/mol. The van der Waals surface area contributed by atoms with Gasteiger partial charge >= 0.3 is 12.0 Å². The first-order valence-corrected chi connectivity index (χ1v) is 11.1. The largest absolute Gasteiger partial charge is 0.456 e. The Morgan fingerprint density at radius 3 is 2.69 bits per heavy atom. The summed E-state index contributed by atoms with van der Waals surface area (Å²) in [6.07, 6.45) is 1.97. The van der Waals surface area contributed by atoms with Crippen LogP contribution in [0.1, 0.15) is 11.6 Å². The summed E-state index contributed by atoms with van der Waals surface area (Å²) in [7, 11) is 0. The van der Waals surface area contributed by atoms with Gasteiger partial charge in [0.2, 0.25) is 12.7 Å². The van der Waals surface area contributed by atoms with E-state index in [1.807, 2.05) is 30.5 Å². The minimum Gasteiger partial charge on any atom is -0.456 e. The zero-order chi connectivity index (χ0) is 22.2. The minimum absolute atomic E-state index is 0.0573. The van der Waals surface area contributed by atoms with Crippen LogP contribution in [0.25, 0.3) is 0 Å². The Labute approximate surface area is 187 Å². The summed E-state index contributed by atoms with van der Waals surface area (Å²) in [5.74, 6) is 0.216. The molecule has 0 saturated heterocycles. The predicted molar refractivity (Wildman–Crippen MR) is 115 cm³/mol. The molecule has 3 amide bonds. The summed E-state index contributed by atoms with van der Waals surface area (Å²) in [5.41, 5.74) is 2.03. The van der Waals surface area contributed by atoms with E-state index in [0.717, 1.165) is 10.5 Å². The normalized spacial score (nSPS) is 18.9. The topological polar surface area (TPSA) is 106 Å². The number of esters is 1. The maximum Gasteiger partial charge on any atom is 0.338 e. The van der Waals surface area contributed by atoms with Gasteiger partial charge in [0.15, 0.2) is 11.5 Å². The minimum atomic E-state index is -0.628. The van der Waals surface area contributed by atoms with Crippen molar-refractivity contribution in [2.75, 3.05) is 31.5 Å². The molecule has 2 N–H and O–H groups in total. The molecule has 2 aromatic rings. The van der Waals surface area contributed by atoms with E-state index in [1.54, 1.807) is 30.0 Å². The van der Waals surface area contributed by atoms with Crippen molar-refractivity contribution in [1.82, 2.24) is 10.2 Å². The third kappa shape index (κ3) is 3.62. The molecule has 0 radical (unpaired) electrons. The van der Waals surface area contributed by atoms with Gasteiger partial charge in [0.05, 0.1) is 17.3 Å². The van der Waals surface area contributed by atoms with Crippen LogP contribution in [0.3, 0.4) is 0 Å². The Balaban J connectivity index is 1.36. The molecule has 2 aromatic carbocycles. The van der Waals surface area contributed by atoms with E-state index >= 15 is 0 Å². The van der Waals surface area contributed by atoms with Crippen molar-refractivity contribution in [2.45, 2.75) is 10.9 Å². The van der Waals surface area contributed by atoms with E-state index in [2.05, 4.69) is 10.6 Å². The zero-order valence-corrected chi connectivity index (χ0v) is 17.9. The van der Waals surface area contributed by atoms with E-state index in [4.69, 9.17) is 14.2 Å². The molecule has 164 valence electrons. The SMILES string of the molecule is CSc1ccc([C@H]2NC(=O)N(CC(=O)Nc3ccc4c(c3)OCO4)C3=C2C(=O)OC3)cc1. The molecule has 3 aliphatic rings. The summed E-state index contributed by atoms with van der Waals surface area (Å²) in [6, 6.07) is 11.5. The van der Waals surface area contributed by atoms with Gasteiger partial charge in [-0.25, -0.2) is 9.59 Å². The van der Waals surface area contributed by atoms with E-state index in [0.29, 0.717) is 28.5 Å². The molecule has 1 atom stereocenters. The van der Waals surface area contributed by atoms with Gasteiger partial charge in [-0.05, 0) is 36.1 Å². The number of ether oxygens (including phenoxy) is 3. The standard InChI is InChI=1S/C22H19N3O6S/c1-32-14-5-2-12(3-6-14)20-19-15(10-29-21(19)27)25(22(28)24-20)9-18(26)23-13-4-7-16-17(8-13)31-11-30-16/h2-8,20H,9-11H2,1H3,(H,23,26)(H,24,28)/t20-/m1/s1. The number of hydrogen-bond acceptors (Lipinski definition) is 7. The molecule has 3 aliphatic heterocycles. The Morgan fingerprint density at radius 1 is 1.12 bits per heavy atom. The van der Waals surface area contributed by atoms with Crippen LogP contribution in [0.2, 0.25) is 0 Å². The smallest absolute Gasteiger partial charge is 0.338 e. The number of rotatable bonds is 5. The first-order chi connectivity index (χ1) is 15.5. The fourth-order valence-electron chi connectivity index (χ4n) is 3.84. The van der Waals surface area contributed by atoms with Gasteiger partial charge in [-0.3, -0.25) is 9.69 Å². The number of anilines is 1. The van der Waals surface area contributed by atoms with E-state index in [-0.39, 0.29) is 19.9 Å². The molecular formula is C22H19N3O6S. The van der Waals surface area contributed by atoms with Crippen molar-refractivity contribution in [3.05, 3.63) is 59.3 Å². The highest BCUT2D eigenvalue weighted by Gasteiger charge is 2.42. The second-order valence-electron chi connectivity index (χ2n) is 7.29. The first-order valence-electron chi connectivity index (χ1n) is 9.85. The van der Waals surface area contributed by atoms with Gasteiger partial charge in [-0.1, -0.05) is 12.1 Å². The number of nitrogens with one attached hydrogen (secondary N) is 2. The summed E-state index contributed by atoms with van der Waals surface area (Å²) in [5, 5.41) is 5.57. The highest BCUT2D eigenvalue weighted by molar-refractivity contribution is 7.98. The highest BCUT2D eigenvalue weighted by atomic mass is 32.2. The van der Waals surface area contributed by atoms with Crippen LogP contribution >= 0.6 is 11.8 Å². The van der Waals surface area contributed by atoms with Crippen molar-refractivity contribution in [3.63, 3.8) is 0 Å². The van der Waals surface area contributed by atoms with E-state index in [1.165, 1.54) is 4.90 Å². The Morgan fingerprint density at radius 2 is 1.91 bits per heavy atom. The predicted octanol–water partition coefficient (Wildman–Crippen LogP) is 2.65. The fraction of sp³-hybridized carbons (Fsp3) is 0.227. The third-order valence-electron chi connectivity index (χ3n) is 5.41. The molecule has 9 nitrogen and oxygen atoms in total. The van der Waals surface area contributed by atoms with Crippen LogP contribution in [-0.2, 0) is 14.3 Å². The van der Waals surface area contributed by atoms with Crippen LogP contribution in [0, 0.1) is 0 Å². The number of urea groups is 1. The Hall–Kier alpha value is -3.66. The summed E-state index contributed by atoms with van der Waals surface area (Å²) >= 11 is 1.60. The molecule has 0 saturated carbocycles. The molecular weight excluding hydrogens is 434 g/mol. The number of benzene rings is 2. The number of fused-ring (bicyclic) bond motifs is 1. The van der Waals surface area contributed by atoms with Gasteiger partial charge < -0.3 is 24.8 Å². The van der Waals surface area contributed by atoms with Crippen molar-refractivity contribution in [1.29, 1.82) is 0 Å². The van der Waals surface area contributed by atoms with Crippen molar-refractivity contribution >= 4 is 35.4 Å². The molecule has 0 unspecified atom stereocenters. The molecule has 0 fully saturated rings. The lowest BCUT2D eigenvalue weighted by molar-refractivity contribution is -0.136. The van der Waals surface area contributed by atoms with Crippen LogP contribution in [0.15, 0.2) is 58.6 Å². The quantitative estimate of drug-likeness (QED) is 0.530. The molecule has 0 aromatic heterocycles. The van der Waals surface area contributed by atoms with Gasteiger partial charge in [-0.2, -0.15) is 0 Å². The molecule has 5 rings (SSSR count). The highest BCUT2D eigenvalue weighted by Crippen LogP contribution is 2.36. The maximum absolute atomic E-state index is 12.9. The average Bonchev–Trinajstić information content (AvgIpc) is 3.42. The molecule has 32 heavy (non-hydrogen) atoms. The van der Waals surface area contributed by atoms with Crippen LogP contribution in [-0.4, -0.2) is 49.0 Å². The van der Waals surface area contributed by atoms with Crippen molar-refractivity contribution in [3.8, 4) is 11.5 Å². The van der Waals surface area contributed by atoms with Gasteiger partial charge in [-0.15, -0.1) is 11.8 Å². The second kappa shape index (κ2) is 8.12. The molecule has 0 aliphatic carbocycles. The number of carbonyl (C=O) groups excluding carboxylic acids is 3. The second-order valence-corrected chi connectivity index (χ2v) is 8.17. The van der Waals surface area contributed by atoms with Crippen molar-refractivity contribution in [2.24, 2.45) is 0 Å². The Kier molecular flexibility index (Phi) is 5.14. The number of nitrogens with zero attached hydrogens (tertiary/aromatic N) is 1. The first kappa shape index (κ1) is 20.3. The molecule has 10 heteroatoms. The lowest BCUT2D eigenvalue weighted by Gasteiger charge is -2.32. The number of carbonyl (C=O) groups is 3. The van der Waals surface area contributed by atoms with Crippen LogP contribution < -0.4 is 20.1 Å². The van der Waals surface area contributed by atoms with E-state index in [9.17, 15) is 14.4 Å². The lowest BCUT2D eigenvalue weighted by atomic mass is 9.96. The average molecular weight is 453 g/mol. The lowest BCUT2D eigenvalue weighted by Crippen LogP contribution is -2.49. The summed E-state index contributed by atoms with van der Waals surface area (Å²) in [6.45, 7) is -0.195. The van der Waals surface area contributed by atoms with Gasteiger partial charge in [0.25, 0.3) is 0 Å². The maximum atomic E-state index is 12.9. The third-order valence-corrected chi connectivity index (χ3v) is 6.15. The number of thioether (sulfide) groups is 1. The number of amides is 3. The van der Waals surface area contributed by atoms with Crippen LogP contribution in [0.4, 0.5) is 10.5 Å². The van der Waals surface area contributed by atoms with E-state index < -0.39 is 23.9 Å². The zero-order valence-electron chi connectivity index (χ0n) is 17.0. The molecule has 0 bridgehead atoms. The fourth-order valence-corrected chi connectivity index (χ4v) is 4.25. The number of hydrogen-bond donors (Lipinski definition) is 2. The van der Waals surface area contributed by atoms with Crippen molar-refractivity contribution < 1.29 is 28.6 Å². The Bertz CT molecular complexity index is 1150.